The molecule has 1 aliphatic heterocycles. The SMILES string of the molecule is CN1CCN(C)C(C(=O)CCC(C)(C)C)C1. The Bertz CT molecular complexity index is 245. The zero-order chi connectivity index (χ0) is 12.3. The molecule has 0 aliphatic carbocycles. The van der Waals surface area contributed by atoms with Crippen LogP contribution in [0.3, 0.4) is 0 Å². The smallest absolute Gasteiger partial charge is 0.151 e. The van der Waals surface area contributed by atoms with Crippen molar-refractivity contribution in [3.8, 4) is 0 Å². The molecule has 94 valence electrons. The zero-order valence-electron chi connectivity index (χ0n) is 11.4. The molecule has 0 aromatic heterocycles. The minimum absolute atomic E-state index is 0.112. The molecule has 0 radical (unpaired) electrons. The number of ketones is 1. The minimum atomic E-state index is 0.112. The lowest BCUT2D eigenvalue weighted by Gasteiger charge is -2.37. The van der Waals surface area contributed by atoms with Gasteiger partial charge < -0.3 is 4.90 Å². The van der Waals surface area contributed by atoms with Gasteiger partial charge in [0.05, 0.1) is 6.04 Å². The molecule has 3 heteroatoms. The number of Topliss-reactive ketones (excluding diaryl/α,β-unsaturated/α-hetero) is 1. The normalized spacial score (nSPS) is 24.7. The topological polar surface area (TPSA) is 23.6 Å². The van der Waals surface area contributed by atoms with Crippen molar-refractivity contribution in [1.29, 1.82) is 0 Å². The summed E-state index contributed by atoms with van der Waals surface area (Å²) in [5.41, 5.74) is 0.259. The summed E-state index contributed by atoms with van der Waals surface area (Å²) >= 11 is 0. The summed E-state index contributed by atoms with van der Waals surface area (Å²) in [6, 6.07) is 0.112. The van der Waals surface area contributed by atoms with Crippen molar-refractivity contribution in [2.24, 2.45) is 5.41 Å². The molecule has 1 rings (SSSR count). The van der Waals surface area contributed by atoms with E-state index in [2.05, 4.69) is 44.7 Å². The Morgan fingerprint density at radius 3 is 2.44 bits per heavy atom. The molecule has 0 amide bonds. The van der Waals surface area contributed by atoms with E-state index in [9.17, 15) is 4.79 Å². The number of hydrogen-bond donors (Lipinski definition) is 0. The van der Waals surface area contributed by atoms with Crippen LogP contribution in [0.5, 0.6) is 0 Å². The lowest BCUT2D eigenvalue weighted by atomic mass is 9.88. The number of rotatable bonds is 3. The molecule has 3 nitrogen and oxygen atoms in total. The first-order valence-corrected chi connectivity index (χ1v) is 6.21. The van der Waals surface area contributed by atoms with Crippen molar-refractivity contribution in [3.05, 3.63) is 0 Å². The molecule has 0 aromatic rings. The Morgan fingerprint density at radius 2 is 1.88 bits per heavy atom. The number of likely N-dealkylation sites (N-methyl/N-ethyl adjacent to an activating group) is 2. The van der Waals surface area contributed by atoms with Crippen molar-refractivity contribution >= 4 is 5.78 Å². The fourth-order valence-corrected chi connectivity index (χ4v) is 2.02. The maximum Gasteiger partial charge on any atom is 0.151 e. The van der Waals surface area contributed by atoms with E-state index in [-0.39, 0.29) is 11.5 Å². The average Bonchev–Trinajstić information content (AvgIpc) is 2.17. The Morgan fingerprint density at radius 1 is 1.25 bits per heavy atom. The van der Waals surface area contributed by atoms with Crippen LogP contribution < -0.4 is 0 Å². The van der Waals surface area contributed by atoms with E-state index in [4.69, 9.17) is 0 Å². The van der Waals surface area contributed by atoms with Crippen LogP contribution in [0.15, 0.2) is 0 Å². The van der Waals surface area contributed by atoms with Gasteiger partial charge in [-0.1, -0.05) is 20.8 Å². The maximum absolute atomic E-state index is 12.1. The molecule has 1 heterocycles. The Hall–Kier alpha value is -0.410. The Kier molecular flexibility index (Phi) is 4.51. The molecule has 0 N–H and O–H groups in total. The van der Waals surface area contributed by atoms with Crippen LogP contribution >= 0.6 is 0 Å². The first kappa shape index (κ1) is 13.7. The van der Waals surface area contributed by atoms with Gasteiger partial charge in [-0.2, -0.15) is 0 Å². The monoisotopic (exact) mass is 226 g/mol. The quantitative estimate of drug-likeness (QED) is 0.731. The average molecular weight is 226 g/mol. The van der Waals surface area contributed by atoms with Gasteiger partial charge in [0, 0.05) is 26.1 Å². The van der Waals surface area contributed by atoms with Crippen LogP contribution in [0.4, 0.5) is 0 Å². The van der Waals surface area contributed by atoms with E-state index in [1.807, 2.05) is 0 Å². The van der Waals surface area contributed by atoms with E-state index in [1.54, 1.807) is 0 Å². The lowest BCUT2D eigenvalue weighted by molar-refractivity contribution is -0.126. The van der Waals surface area contributed by atoms with Crippen LogP contribution in [0, 0.1) is 5.41 Å². The standard InChI is InChI=1S/C13H26N2O/c1-13(2,3)7-6-12(16)11-10-14(4)8-9-15(11)5/h11H,6-10H2,1-5H3. The molecule has 1 atom stereocenters. The van der Waals surface area contributed by atoms with Crippen LogP contribution in [0.25, 0.3) is 0 Å². The van der Waals surface area contributed by atoms with Gasteiger partial charge in [0.15, 0.2) is 5.78 Å². The lowest BCUT2D eigenvalue weighted by Crippen LogP contribution is -2.53. The molecule has 16 heavy (non-hydrogen) atoms. The van der Waals surface area contributed by atoms with E-state index in [0.29, 0.717) is 12.2 Å². The first-order valence-electron chi connectivity index (χ1n) is 6.21. The van der Waals surface area contributed by atoms with Crippen molar-refractivity contribution in [3.63, 3.8) is 0 Å². The van der Waals surface area contributed by atoms with E-state index in [1.165, 1.54) is 0 Å². The minimum Gasteiger partial charge on any atom is -0.303 e. The van der Waals surface area contributed by atoms with Crippen LogP contribution in [-0.2, 0) is 4.79 Å². The van der Waals surface area contributed by atoms with Crippen molar-refractivity contribution < 1.29 is 4.79 Å². The Labute approximate surface area is 99.8 Å². The highest BCUT2D eigenvalue weighted by Crippen LogP contribution is 2.22. The predicted octanol–water partition coefficient (Wildman–Crippen LogP) is 1.63. The summed E-state index contributed by atoms with van der Waals surface area (Å²) in [4.78, 5) is 16.6. The zero-order valence-corrected chi connectivity index (χ0v) is 11.4. The molecule has 1 fully saturated rings. The van der Waals surface area contributed by atoms with Gasteiger partial charge in [0.25, 0.3) is 0 Å². The van der Waals surface area contributed by atoms with Gasteiger partial charge in [0.2, 0.25) is 0 Å². The fourth-order valence-electron chi connectivity index (χ4n) is 2.02. The summed E-state index contributed by atoms with van der Waals surface area (Å²) in [5.74, 6) is 0.406. The molecular weight excluding hydrogens is 200 g/mol. The summed E-state index contributed by atoms with van der Waals surface area (Å²) in [6.07, 6.45) is 1.70. The highest BCUT2D eigenvalue weighted by molar-refractivity contribution is 5.84. The van der Waals surface area contributed by atoms with Crippen LogP contribution in [-0.4, -0.2) is 55.4 Å². The second-order valence-electron chi connectivity index (χ2n) is 6.29. The second kappa shape index (κ2) is 5.28. The number of hydrogen-bond acceptors (Lipinski definition) is 3. The molecule has 0 spiro atoms. The first-order chi connectivity index (χ1) is 7.29. The van der Waals surface area contributed by atoms with Crippen molar-refractivity contribution in [2.45, 2.75) is 39.7 Å². The molecule has 0 aromatic carbocycles. The highest BCUT2D eigenvalue weighted by Gasteiger charge is 2.28. The maximum atomic E-state index is 12.1. The molecular formula is C13H26N2O. The number of nitrogens with zero attached hydrogens (tertiary/aromatic N) is 2. The van der Waals surface area contributed by atoms with E-state index < -0.39 is 0 Å². The third kappa shape index (κ3) is 4.22. The second-order valence-corrected chi connectivity index (χ2v) is 6.29. The number of carbonyl (C=O) groups is 1. The predicted molar refractivity (Wildman–Crippen MR) is 67.6 cm³/mol. The number of piperazine rings is 1. The summed E-state index contributed by atoms with van der Waals surface area (Å²) in [6.45, 7) is 9.53. The van der Waals surface area contributed by atoms with E-state index >= 15 is 0 Å². The summed E-state index contributed by atoms with van der Waals surface area (Å²) in [7, 11) is 4.16. The number of carbonyl (C=O) groups excluding carboxylic acids is 1. The van der Waals surface area contributed by atoms with Gasteiger partial charge in [-0.15, -0.1) is 0 Å². The van der Waals surface area contributed by atoms with Crippen molar-refractivity contribution in [2.75, 3.05) is 33.7 Å². The van der Waals surface area contributed by atoms with Crippen LogP contribution in [0.1, 0.15) is 33.6 Å². The molecule has 1 unspecified atom stereocenters. The molecule has 1 saturated heterocycles. The largest absolute Gasteiger partial charge is 0.303 e. The molecule has 0 saturated carbocycles. The summed E-state index contributed by atoms with van der Waals surface area (Å²) < 4.78 is 0. The van der Waals surface area contributed by atoms with Crippen molar-refractivity contribution in [1.82, 2.24) is 9.80 Å². The molecule has 1 aliphatic rings. The van der Waals surface area contributed by atoms with Gasteiger partial charge in [-0.05, 0) is 25.9 Å². The van der Waals surface area contributed by atoms with Gasteiger partial charge >= 0.3 is 0 Å². The third-order valence-electron chi connectivity index (χ3n) is 3.34. The molecule has 0 bridgehead atoms. The van der Waals surface area contributed by atoms with Gasteiger partial charge in [-0.3, -0.25) is 9.69 Å². The van der Waals surface area contributed by atoms with Gasteiger partial charge in [-0.25, -0.2) is 0 Å². The van der Waals surface area contributed by atoms with E-state index in [0.717, 1.165) is 26.1 Å². The fraction of sp³-hybridized carbons (Fsp3) is 0.923. The van der Waals surface area contributed by atoms with Gasteiger partial charge in [0.1, 0.15) is 0 Å². The third-order valence-corrected chi connectivity index (χ3v) is 3.34. The summed E-state index contributed by atoms with van der Waals surface area (Å²) in [5, 5.41) is 0. The highest BCUT2D eigenvalue weighted by atomic mass is 16.1. The van der Waals surface area contributed by atoms with Crippen LogP contribution in [0.2, 0.25) is 0 Å². The Balaban J connectivity index is 2.46.